The molecule has 0 radical (unpaired) electrons. The van der Waals surface area contributed by atoms with E-state index in [9.17, 15) is 4.79 Å². The summed E-state index contributed by atoms with van der Waals surface area (Å²) in [5, 5.41) is 0.164. The van der Waals surface area contributed by atoms with Crippen LogP contribution in [0.4, 0.5) is 0 Å². The van der Waals surface area contributed by atoms with Crippen molar-refractivity contribution in [1.82, 2.24) is 4.98 Å². The predicted octanol–water partition coefficient (Wildman–Crippen LogP) is 1.60. The molecule has 0 saturated carbocycles. The first kappa shape index (κ1) is 10.0. The normalized spacial score (nSPS) is 12.5. The van der Waals surface area contributed by atoms with Gasteiger partial charge < -0.3 is 10.7 Å². The van der Waals surface area contributed by atoms with Gasteiger partial charge >= 0.3 is 0 Å². The quantitative estimate of drug-likeness (QED) is 0.725. The van der Waals surface area contributed by atoms with Gasteiger partial charge in [-0.3, -0.25) is 4.79 Å². The predicted molar refractivity (Wildman–Crippen MR) is 53.8 cm³/mol. The van der Waals surface area contributed by atoms with Crippen molar-refractivity contribution >= 4 is 11.6 Å². The summed E-state index contributed by atoms with van der Waals surface area (Å²) in [6.45, 7) is 3.58. The van der Waals surface area contributed by atoms with Crippen LogP contribution < -0.4 is 11.3 Å². The van der Waals surface area contributed by atoms with E-state index in [4.69, 9.17) is 17.3 Å². The summed E-state index contributed by atoms with van der Waals surface area (Å²) in [5.41, 5.74) is 6.29. The zero-order valence-electron chi connectivity index (χ0n) is 7.09. The van der Waals surface area contributed by atoms with Crippen molar-refractivity contribution in [2.75, 3.05) is 0 Å². The second-order valence-corrected chi connectivity index (χ2v) is 3.15. The molecule has 0 aliphatic heterocycles. The third-order valence-electron chi connectivity index (χ3n) is 1.73. The van der Waals surface area contributed by atoms with Crippen LogP contribution in [0.5, 0.6) is 0 Å². The van der Waals surface area contributed by atoms with Crippen LogP contribution in [-0.4, -0.2) is 4.98 Å². The zero-order chi connectivity index (χ0) is 9.84. The molecule has 13 heavy (non-hydrogen) atoms. The van der Waals surface area contributed by atoms with Crippen LogP contribution in [0.3, 0.4) is 0 Å². The average molecular weight is 199 g/mol. The summed E-state index contributed by atoms with van der Waals surface area (Å²) >= 11 is 5.63. The highest BCUT2D eigenvalue weighted by Gasteiger charge is 2.05. The van der Waals surface area contributed by atoms with Crippen molar-refractivity contribution in [2.45, 2.75) is 12.5 Å². The Bertz CT molecular complexity index is 359. The van der Waals surface area contributed by atoms with Gasteiger partial charge in [0.2, 0.25) is 0 Å². The van der Waals surface area contributed by atoms with E-state index >= 15 is 0 Å². The smallest absolute Gasteiger partial charge is 0.266 e. The topological polar surface area (TPSA) is 58.9 Å². The van der Waals surface area contributed by atoms with Crippen molar-refractivity contribution in [3.63, 3.8) is 0 Å². The molecule has 0 aromatic carbocycles. The van der Waals surface area contributed by atoms with Crippen LogP contribution >= 0.6 is 11.6 Å². The molecule has 0 unspecified atom stereocenters. The van der Waals surface area contributed by atoms with Gasteiger partial charge in [-0.2, -0.15) is 0 Å². The Morgan fingerprint density at radius 3 is 3.00 bits per heavy atom. The number of pyridine rings is 1. The Hall–Kier alpha value is -1.06. The summed E-state index contributed by atoms with van der Waals surface area (Å²) in [5.74, 6) is 0. The van der Waals surface area contributed by atoms with E-state index in [0.29, 0.717) is 6.42 Å². The maximum atomic E-state index is 10.9. The molecule has 1 atom stereocenters. The molecule has 0 saturated heterocycles. The van der Waals surface area contributed by atoms with Gasteiger partial charge in [-0.15, -0.1) is 6.58 Å². The van der Waals surface area contributed by atoms with Crippen LogP contribution in [0.15, 0.2) is 29.7 Å². The highest BCUT2D eigenvalue weighted by atomic mass is 35.5. The van der Waals surface area contributed by atoms with Gasteiger partial charge in [-0.05, 0) is 18.1 Å². The number of nitrogens with two attached hydrogens (primary N) is 1. The van der Waals surface area contributed by atoms with Crippen molar-refractivity contribution in [1.29, 1.82) is 0 Å². The highest BCUT2D eigenvalue weighted by Crippen LogP contribution is 2.14. The van der Waals surface area contributed by atoms with Crippen molar-refractivity contribution in [2.24, 2.45) is 5.73 Å². The van der Waals surface area contributed by atoms with Gasteiger partial charge in [0.25, 0.3) is 5.56 Å². The number of hydrogen-bond donors (Lipinski definition) is 2. The Morgan fingerprint density at radius 1 is 1.77 bits per heavy atom. The van der Waals surface area contributed by atoms with Gasteiger partial charge in [0, 0.05) is 12.2 Å². The van der Waals surface area contributed by atoms with Crippen LogP contribution in [0.1, 0.15) is 18.0 Å². The average Bonchev–Trinajstić information content (AvgIpc) is 2.10. The van der Waals surface area contributed by atoms with E-state index in [1.807, 2.05) is 0 Å². The molecule has 1 aromatic rings. The molecular weight excluding hydrogens is 188 g/mol. The third-order valence-corrected chi connectivity index (χ3v) is 2.01. The van der Waals surface area contributed by atoms with Crippen molar-refractivity contribution in [3.05, 3.63) is 45.9 Å². The Morgan fingerprint density at radius 2 is 2.46 bits per heavy atom. The highest BCUT2D eigenvalue weighted by molar-refractivity contribution is 6.30. The number of hydrogen-bond acceptors (Lipinski definition) is 2. The fourth-order valence-corrected chi connectivity index (χ4v) is 1.18. The second-order valence-electron chi connectivity index (χ2n) is 2.74. The van der Waals surface area contributed by atoms with Gasteiger partial charge in [-0.1, -0.05) is 17.7 Å². The van der Waals surface area contributed by atoms with Crippen molar-refractivity contribution < 1.29 is 0 Å². The summed E-state index contributed by atoms with van der Waals surface area (Å²) in [6.07, 6.45) is 3.95. The van der Waals surface area contributed by atoms with Crippen LogP contribution in [0, 0.1) is 0 Å². The number of nitrogens with one attached hydrogen (secondary N) is 1. The number of H-pyrrole nitrogens is 1. The van der Waals surface area contributed by atoms with E-state index in [-0.39, 0.29) is 16.6 Å². The first-order chi connectivity index (χ1) is 6.15. The minimum atomic E-state index is -0.295. The van der Waals surface area contributed by atoms with E-state index in [1.165, 1.54) is 0 Å². The zero-order valence-corrected chi connectivity index (χ0v) is 7.84. The van der Waals surface area contributed by atoms with Gasteiger partial charge in [-0.25, -0.2) is 0 Å². The molecule has 4 heteroatoms. The minimum absolute atomic E-state index is 0.160. The number of halogens is 1. The van der Waals surface area contributed by atoms with E-state index in [0.717, 1.165) is 5.56 Å². The number of aromatic amines is 1. The maximum Gasteiger partial charge on any atom is 0.266 e. The van der Waals surface area contributed by atoms with Gasteiger partial charge in [0.1, 0.15) is 5.02 Å². The molecular formula is C9H11ClN2O. The molecule has 3 N–H and O–H groups in total. The molecule has 0 aliphatic rings. The molecule has 0 spiro atoms. The lowest BCUT2D eigenvalue weighted by molar-refractivity contribution is 0.736. The first-order valence-electron chi connectivity index (χ1n) is 3.89. The van der Waals surface area contributed by atoms with Crippen LogP contribution in [0.25, 0.3) is 0 Å². The summed E-state index contributed by atoms with van der Waals surface area (Å²) in [7, 11) is 0. The summed E-state index contributed by atoms with van der Waals surface area (Å²) in [4.78, 5) is 13.4. The Labute approximate surface area is 81.2 Å². The SMILES string of the molecule is C=CC[C@H](N)c1c[nH]c(=O)c(Cl)c1. The maximum absolute atomic E-state index is 10.9. The standard InChI is InChI=1S/C9H11ClN2O/c1-2-3-8(11)6-4-7(10)9(13)12-5-6/h2,4-5,8H,1,3,11H2,(H,12,13)/t8-/m0/s1. The molecule has 1 heterocycles. The monoisotopic (exact) mass is 198 g/mol. The molecule has 0 amide bonds. The first-order valence-corrected chi connectivity index (χ1v) is 4.27. The molecule has 0 fully saturated rings. The van der Waals surface area contributed by atoms with Crippen LogP contribution in [0.2, 0.25) is 5.02 Å². The number of rotatable bonds is 3. The third kappa shape index (κ3) is 2.44. The second kappa shape index (κ2) is 4.25. The lowest BCUT2D eigenvalue weighted by Crippen LogP contribution is -2.13. The molecule has 0 bridgehead atoms. The summed E-state index contributed by atoms with van der Waals surface area (Å²) in [6, 6.07) is 1.42. The molecule has 70 valence electrons. The molecule has 1 aromatic heterocycles. The fraction of sp³-hybridized carbons (Fsp3) is 0.222. The molecule has 3 nitrogen and oxygen atoms in total. The van der Waals surface area contributed by atoms with Crippen molar-refractivity contribution in [3.8, 4) is 0 Å². The fourth-order valence-electron chi connectivity index (χ4n) is 1.00. The lowest BCUT2D eigenvalue weighted by atomic mass is 10.1. The van der Waals surface area contributed by atoms with E-state index in [1.54, 1.807) is 18.3 Å². The Balaban J connectivity index is 2.96. The van der Waals surface area contributed by atoms with Gasteiger partial charge in [0.05, 0.1) is 0 Å². The van der Waals surface area contributed by atoms with E-state index < -0.39 is 0 Å². The largest absolute Gasteiger partial charge is 0.327 e. The van der Waals surface area contributed by atoms with E-state index in [2.05, 4.69) is 11.6 Å². The van der Waals surface area contributed by atoms with Gasteiger partial charge in [0.15, 0.2) is 0 Å². The number of aromatic nitrogens is 1. The van der Waals surface area contributed by atoms with Crippen LogP contribution in [-0.2, 0) is 0 Å². The molecule has 1 rings (SSSR count). The minimum Gasteiger partial charge on any atom is -0.327 e. The lowest BCUT2D eigenvalue weighted by Gasteiger charge is -2.08. The molecule has 0 aliphatic carbocycles. The Kier molecular flexibility index (Phi) is 3.28. The summed E-state index contributed by atoms with van der Waals surface area (Å²) < 4.78 is 0.